The van der Waals surface area contributed by atoms with Gasteiger partial charge in [0.05, 0.1) is 0 Å². The van der Waals surface area contributed by atoms with Crippen LogP contribution in [0.4, 0.5) is 0 Å². The van der Waals surface area contributed by atoms with Gasteiger partial charge in [0.2, 0.25) is 0 Å². The Morgan fingerprint density at radius 3 is 1.81 bits per heavy atom. The number of hydrogen-bond donors (Lipinski definition) is 0. The van der Waals surface area contributed by atoms with E-state index in [2.05, 4.69) is 84.9 Å². The van der Waals surface area contributed by atoms with Crippen molar-refractivity contribution in [3.05, 3.63) is 42.0 Å². The summed E-state index contributed by atoms with van der Waals surface area (Å²) in [5.41, 5.74) is 1.72. The minimum Gasteiger partial charge on any atom is -0.107 e. The number of rotatable bonds is 6. The Morgan fingerprint density at radius 2 is 1.43 bits per heavy atom. The maximum atomic E-state index is 2.56. The fourth-order valence-corrected chi connectivity index (χ4v) is 7.40. The molecule has 1 heteroatoms. The Kier molecular flexibility index (Phi) is 7.25. The quantitative estimate of drug-likeness (QED) is 0.529. The lowest BCUT2D eigenvalue weighted by Crippen LogP contribution is -2.22. The molecule has 0 aromatic heterocycles. The molecular formula is C20H33Al. The Balaban J connectivity index is 3.22. The van der Waals surface area contributed by atoms with E-state index in [9.17, 15) is 0 Å². The summed E-state index contributed by atoms with van der Waals surface area (Å²) >= 11 is -0.930. The molecule has 0 heterocycles. The van der Waals surface area contributed by atoms with Crippen LogP contribution >= 0.6 is 0 Å². The van der Waals surface area contributed by atoms with Gasteiger partial charge in [-0.2, -0.15) is 0 Å². The van der Waals surface area contributed by atoms with Crippen LogP contribution in [-0.4, -0.2) is 14.1 Å². The molecule has 0 radical (unpaired) electrons. The molecule has 0 nitrogen and oxygen atoms in total. The third kappa shape index (κ3) is 7.35. The van der Waals surface area contributed by atoms with Crippen molar-refractivity contribution in [1.29, 1.82) is 0 Å². The molecule has 0 saturated heterocycles. The van der Waals surface area contributed by atoms with E-state index >= 15 is 0 Å². The molecule has 116 valence electrons. The van der Waals surface area contributed by atoms with Gasteiger partial charge < -0.3 is 0 Å². The van der Waals surface area contributed by atoms with Gasteiger partial charge in [0.15, 0.2) is 0 Å². The van der Waals surface area contributed by atoms with E-state index in [0.717, 1.165) is 11.8 Å². The molecule has 0 spiro atoms. The summed E-state index contributed by atoms with van der Waals surface area (Å²) in [6, 6.07) is 11.1. The molecule has 1 rings (SSSR count). The highest BCUT2D eigenvalue weighted by molar-refractivity contribution is 6.79. The van der Waals surface area contributed by atoms with Crippen LogP contribution in [0.1, 0.15) is 54.0 Å². The first-order chi connectivity index (χ1) is 9.69. The fourth-order valence-electron chi connectivity index (χ4n) is 3.02. The van der Waals surface area contributed by atoms with Gasteiger partial charge in [0.25, 0.3) is 0 Å². The predicted molar refractivity (Wildman–Crippen MR) is 98.9 cm³/mol. The Bertz CT molecular complexity index is 425. The first-order valence-corrected chi connectivity index (χ1v) is 10.7. The van der Waals surface area contributed by atoms with Gasteiger partial charge in [-0.25, -0.2) is 0 Å². The number of hydrogen-bond acceptors (Lipinski definition) is 0. The van der Waals surface area contributed by atoms with Crippen molar-refractivity contribution >= 4 is 18.6 Å². The summed E-state index contributed by atoms with van der Waals surface area (Å²) in [4.78, 5) is 0. The topological polar surface area (TPSA) is 0 Å². The molecule has 1 aromatic rings. The van der Waals surface area contributed by atoms with Gasteiger partial charge in [0.1, 0.15) is 0 Å². The third-order valence-corrected chi connectivity index (χ3v) is 8.05. The lowest BCUT2D eigenvalue weighted by Gasteiger charge is -2.24. The Morgan fingerprint density at radius 1 is 0.952 bits per heavy atom. The van der Waals surface area contributed by atoms with E-state index in [0.29, 0.717) is 0 Å². The average molecular weight is 300 g/mol. The predicted octanol–water partition coefficient (Wildman–Crippen LogP) is 6.46. The van der Waals surface area contributed by atoms with Crippen molar-refractivity contribution in [2.75, 3.05) is 0 Å². The molecule has 21 heavy (non-hydrogen) atoms. The second kappa shape index (κ2) is 8.21. The lowest BCUT2D eigenvalue weighted by atomic mass is 9.95. The normalized spacial score (nSPS) is 13.1. The monoisotopic (exact) mass is 300 g/mol. The summed E-state index contributed by atoms with van der Waals surface area (Å²) in [6.07, 6.45) is 2.56. The van der Waals surface area contributed by atoms with E-state index in [4.69, 9.17) is 0 Å². The van der Waals surface area contributed by atoms with Crippen molar-refractivity contribution in [3.8, 4) is 0 Å². The second-order valence-electron chi connectivity index (χ2n) is 8.29. The summed E-state index contributed by atoms with van der Waals surface area (Å²) in [6.45, 7) is 16.5. The minimum absolute atomic E-state index is 0.254. The van der Waals surface area contributed by atoms with Gasteiger partial charge in [-0.1, -0.05) is 107 Å². The van der Waals surface area contributed by atoms with Crippen LogP contribution in [0.2, 0.25) is 10.6 Å². The van der Waals surface area contributed by atoms with Gasteiger partial charge in [-0.15, -0.1) is 4.44 Å². The maximum absolute atomic E-state index is 2.56. The molecule has 0 atom stereocenters. The SMILES string of the molecule is CC(C)[CH2][Al]([CH2]C(C)C)/[C](=C/C(C)(C)C)c1ccccc1. The van der Waals surface area contributed by atoms with E-state index < -0.39 is 14.1 Å². The molecular weight excluding hydrogens is 267 g/mol. The molecule has 0 fully saturated rings. The second-order valence-corrected chi connectivity index (χ2v) is 11.2. The Labute approximate surface area is 137 Å². The van der Waals surface area contributed by atoms with E-state index in [-0.39, 0.29) is 5.41 Å². The van der Waals surface area contributed by atoms with Gasteiger partial charge in [0, 0.05) is 0 Å². The van der Waals surface area contributed by atoms with E-state index in [1.165, 1.54) is 16.1 Å². The molecule has 0 N–H and O–H groups in total. The fraction of sp³-hybridized carbons (Fsp3) is 0.600. The van der Waals surface area contributed by atoms with Crippen LogP contribution in [0.25, 0.3) is 4.44 Å². The minimum atomic E-state index is -0.930. The van der Waals surface area contributed by atoms with Gasteiger partial charge in [-0.05, 0) is 11.0 Å². The highest BCUT2D eigenvalue weighted by atomic mass is 27.2. The first kappa shape index (κ1) is 18.5. The molecule has 0 bridgehead atoms. The molecule has 0 aliphatic rings. The molecule has 0 aliphatic heterocycles. The van der Waals surface area contributed by atoms with Crippen LogP contribution < -0.4 is 0 Å². The van der Waals surface area contributed by atoms with Crippen molar-refractivity contribution in [2.45, 2.75) is 59.0 Å². The molecule has 0 saturated carbocycles. The zero-order valence-electron chi connectivity index (χ0n) is 15.1. The Hall–Kier alpha value is -0.508. The number of benzene rings is 1. The van der Waals surface area contributed by atoms with Crippen molar-refractivity contribution in [2.24, 2.45) is 17.3 Å². The van der Waals surface area contributed by atoms with Crippen LogP contribution in [0.5, 0.6) is 0 Å². The molecule has 0 amide bonds. The largest absolute Gasteiger partial charge is 0.306 e. The maximum Gasteiger partial charge on any atom is 0.306 e. The zero-order valence-corrected chi connectivity index (χ0v) is 16.3. The summed E-state index contributed by atoms with van der Waals surface area (Å²) in [5.74, 6) is 1.60. The molecule has 0 unspecified atom stereocenters. The van der Waals surface area contributed by atoms with Crippen molar-refractivity contribution in [1.82, 2.24) is 0 Å². The van der Waals surface area contributed by atoms with Crippen LogP contribution in [-0.2, 0) is 0 Å². The van der Waals surface area contributed by atoms with Crippen LogP contribution in [0.3, 0.4) is 0 Å². The van der Waals surface area contributed by atoms with Gasteiger partial charge >= 0.3 is 14.1 Å². The summed E-state index contributed by atoms with van der Waals surface area (Å²) in [7, 11) is 0. The highest BCUT2D eigenvalue weighted by Gasteiger charge is 2.26. The lowest BCUT2D eigenvalue weighted by molar-refractivity contribution is 0.546. The zero-order chi connectivity index (χ0) is 16.0. The van der Waals surface area contributed by atoms with Crippen molar-refractivity contribution in [3.63, 3.8) is 0 Å². The van der Waals surface area contributed by atoms with Crippen LogP contribution in [0.15, 0.2) is 36.4 Å². The van der Waals surface area contributed by atoms with E-state index in [1.54, 1.807) is 4.44 Å². The summed E-state index contributed by atoms with van der Waals surface area (Å²) < 4.78 is 1.69. The smallest absolute Gasteiger partial charge is 0.107 e. The van der Waals surface area contributed by atoms with Crippen molar-refractivity contribution < 1.29 is 0 Å². The summed E-state index contributed by atoms with van der Waals surface area (Å²) in [5, 5.41) is 2.82. The molecule has 0 aliphatic carbocycles. The average Bonchev–Trinajstić information content (AvgIpc) is 2.34. The number of allylic oxidation sites excluding steroid dienone is 1. The first-order valence-electron chi connectivity index (χ1n) is 8.47. The van der Waals surface area contributed by atoms with E-state index in [1.807, 2.05) is 0 Å². The standard InChI is InChI=1S/C12H15.2C4H9.Al/c1-12(2,3)10-9-11-7-5-4-6-8-11;2*1-4(2)3;/h4-8,10H,1-3H3;2*4H,1H2,2-3H3;. The van der Waals surface area contributed by atoms with Gasteiger partial charge in [-0.3, -0.25) is 0 Å². The van der Waals surface area contributed by atoms with Crippen LogP contribution in [0, 0.1) is 17.3 Å². The highest BCUT2D eigenvalue weighted by Crippen LogP contribution is 2.31. The molecule has 1 aromatic carbocycles. The third-order valence-electron chi connectivity index (χ3n) is 3.65.